The molecule has 0 aromatic rings. The molecule has 0 saturated carbocycles. The van der Waals surface area contributed by atoms with Crippen molar-refractivity contribution in [3.05, 3.63) is 0 Å². The van der Waals surface area contributed by atoms with Gasteiger partial charge in [-0.3, -0.25) is 4.90 Å². The molecule has 4 nitrogen and oxygen atoms in total. The SMILES string of the molecule is CC(C)(C)N(C(=O)O)[C@H]1CCNC1. The van der Waals surface area contributed by atoms with E-state index in [1.54, 1.807) is 4.90 Å². The van der Waals surface area contributed by atoms with Crippen molar-refractivity contribution in [2.75, 3.05) is 13.1 Å². The molecule has 1 saturated heterocycles. The van der Waals surface area contributed by atoms with Crippen LogP contribution in [0.3, 0.4) is 0 Å². The van der Waals surface area contributed by atoms with E-state index < -0.39 is 6.09 Å². The summed E-state index contributed by atoms with van der Waals surface area (Å²) in [6.45, 7) is 7.49. The Bertz CT molecular complexity index is 192. The Kier molecular flexibility index (Phi) is 2.81. The standard InChI is InChI=1S/C9H18N2O2/c1-9(2,3)11(8(12)13)7-4-5-10-6-7/h7,10H,4-6H2,1-3H3,(H,12,13)/t7-/m0/s1. The molecule has 1 heterocycles. The van der Waals surface area contributed by atoms with Crippen LogP contribution in [0.2, 0.25) is 0 Å². The zero-order valence-electron chi connectivity index (χ0n) is 8.50. The fourth-order valence-corrected chi connectivity index (χ4v) is 1.85. The molecule has 1 rings (SSSR count). The summed E-state index contributed by atoms with van der Waals surface area (Å²) in [5, 5.41) is 12.2. The molecule has 0 aromatic carbocycles. The molecule has 1 aliphatic heterocycles. The van der Waals surface area contributed by atoms with Crippen molar-refractivity contribution in [1.29, 1.82) is 0 Å². The molecule has 13 heavy (non-hydrogen) atoms. The van der Waals surface area contributed by atoms with E-state index in [1.165, 1.54) is 0 Å². The van der Waals surface area contributed by atoms with E-state index in [2.05, 4.69) is 5.32 Å². The molecule has 0 spiro atoms. The molecule has 0 aromatic heterocycles. The number of carboxylic acid groups (broad SMARTS) is 1. The lowest BCUT2D eigenvalue weighted by molar-refractivity contribution is 0.0758. The van der Waals surface area contributed by atoms with E-state index in [0.717, 1.165) is 19.5 Å². The van der Waals surface area contributed by atoms with Crippen LogP contribution in [0.15, 0.2) is 0 Å². The predicted octanol–water partition coefficient (Wildman–Crippen LogP) is 1.13. The van der Waals surface area contributed by atoms with Gasteiger partial charge in [0.05, 0.1) is 0 Å². The Hall–Kier alpha value is -0.770. The lowest BCUT2D eigenvalue weighted by atomic mass is 10.0. The Morgan fingerprint density at radius 1 is 1.54 bits per heavy atom. The number of rotatable bonds is 1. The summed E-state index contributed by atoms with van der Waals surface area (Å²) in [7, 11) is 0. The fraction of sp³-hybridized carbons (Fsp3) is 0.889. The Morgan fingerprint density at radius 3 is 2.46 bits per heavy atom. The largest absolute Gasteiger partial charge is 0.465 e. The van der Waals surface area contributed by atoms with Gasteiger partial charge in [0.25, 0.3) is 0 Å². The highest BCUT2D eigenvalue weighted by Crippen LogP contribution is 2.20. The van der Waals surface area contributed by atoms with Gasteiger partial charge in [0, 0.05) is 18.1 Å². The van der Waals surface area contributed by atoms with Gasteiger partial charge >= 0.3 is 6.09 Å². The smallest absolute Gasteiger partial charge is 0.408 e. The van der Waals surface area contributed by atoms with E-state index in [1.807, 2.05) is 20.8 Å². The summed E-state index contributed by atoms with van der Waals surface area (Å²) in [6.07, 6.45) is 0.102. The van der Waals surface area contributed by atoms with Crippen molar-refractivity contribution in [1.82, 2.24) is 10.2 Å². The third kappa shape index (κ3) is 2.34. The maximum atomic E-state index is 11.0. The predicted molar refractivity (Wildman–Crippen MR) is 50.9 cm³/mol. The summed E-state index contributed by atoms with van der Waals surface area (Å²) in [5.74, 6) is 0. The quantitative estimate of drug-likeness (QED) is 0.645. The normalized spacial score (nSPS) is 23.2. The van der Waals surface area contributed by atoms with Gasteiger partial charge in [-0.1, -0.05) is 0 Å². The third-order valence-electron chi connectivity index (χ3n) is 2.33. The monoisotopic (exact) mass is 186 g/mol. The van der Waals surface area contributed by atoms with Crippen LogP contribution in [0.1, 0.15) is 27.2 Å². The van der Waals surface area contributed by atoms with Crippen molar-refractivity contribution < 1.29 is 9.90 Å². The van der Waals surface area contributed by atoms with Gasteiger partial charge in [-0.25, -0.2) is 4.79 Å². The second-order valence-electron chi connectivity index (χ2n) is 4.47. The van der Waals surface area contributed by atoms with Crippen LogP contribution in [0, 0.1) is 0 Å². The first-order valence-corrected chi connectivity index (χ1v) is 4.66. The van der Waals surface area contributed by atoms with Crippen molar-refractivity contribution in [3.63, 3.8) is 0 Å². The van der Waals surface area contributed by atoms with Crippen LogP contribution in [0.5, 0.6) is 0 Å². The molecular formula is C9H18N2O2. The van der Waals surface area contributed by atoms with Crippen LogP contribution >= 0.6 is 0 Å². The van der Waals surface area contributed by atoms with Gasteiger partial charge in [0.2, 0.25) is 0 Å². The lowest BCUT2D eigenvalue weighted by Crippen LogP contribution is -2.51. The van der Waals surface area contributed by atoms with Gasteiger partial charge in [-0.15, -0.1) is 0 Å². The summed E-state index contributed by atoms with van der Waals surface area (Å²) < 4.78 is 0. The molecule has 1 atom stereocenters. The zero-order chi connectivity index (χ0) is 10.1. The first kappa shape index (κ1) is 10.3. The van der Waals surface area contributed by atoms with Gasteiger partial charge in [0.1, 0.15) is 0 Å². The van der Waals surface area contributed by atoms with Crippen LogP contribution in [-0.4, -0.2) is 40.8 Å². The number of amides is 1. The van der Waals surface area contributed by atoms with E-state index in [9.17, 15) is 4.79 Å². The molecule has 0 radical (unpaired) electrons. The molecular weight excluding hydrogens is 168 g/mol. The molecule has 0 unspecified atom stereocenters. The molecule has 1 aliphatic rings. The molecule has 1 amide bonds. The number of nitrogens with one attached hydrogen (secondary N) is 1. The third-order valence-corrected chi connectivity index (χ3v) is 2.33. The lowest BCUT2D eigenvalue weighted by Gasteiger charge is -2.37. The highest BCUT2D eigenvalue weighted by atomic mass is 16.4. The number of hydrogen-bond donors (Lipinski definition) is 2. The van der Waals surface area contributed by atoms with Gasteiger partial charge in [-0.2, -0.15) is 0 Å². The Labute approximate surface area is 78.9 Å². The summed E-state index contributed by atoms with van der Waals surface area (Å²) in [6, 6.07) is 0.137. The number of carbonyl (C=O) groups is 1. The Balaban J connectivity index is 2.72. The molecule has 4 heteroatoms. The zero-order valence-corrected chi connectivity index (χ0v) is 8.50. The van der Waals surface area contributed by atoms with E-state index in [-0.39, 0.29) is 11.6 Å². The second kappa shape index (κ2) is 3.54. The van der Waals surface area contributed by atoms with Gasteiger partial charge < -0.3 is 10.4 Å². The minimum Gasteiger partial charge on any atom is -0.465 e. The summed E-state index contributed by atoms with van der Waals surface area (Å²) in [5.41, 5.74) is -0.303. The van der Waals surface area contributed by atoms with E-state index >= 15 is 0 Å². The maximum Gasteiger partial charge on any atom is 0.408 e. The minimum atomic E-state index is -0.818. The molecule has 0 aliphatic carbocycles. The second-order valence-corrected chi connectivity index (χ2v) is 4.47. The minimum absolute atomic E-state index is 0.137. The number of nitrogens with zero attached hydrogens (tertiary/aromatic N) is 1. The van der Waals surface area contributed by atoms with Crippen LogP contribution in [-0.2, 0) is 0 Å². The topological polar surface area (TPSA) is 52.6 Å². The first-order valence-electron chi connectivity index (χ1n) is 4.66. The van der Waals surface area contributed by atoms with Gasteiger partial charge in [-0.05, 0) is 33.7 Å². The summed E-state index contributed by atoms with van der Waals surface area (Å²) in [4.78, 5) is 12.6. The van der Waals surface area contributed by atoms with E-state index in [0.29, 0.717) is 0 Å². The molecule has 2 N–H and O–H groups in total. The van der Waals surface area contributed by atoms with Crippen molar-refractivity contribution in [2.45, 2.75) is 38.8 Å². The first-order chi connectivity index (χ1) is 5.93. The van der Waals surface area contributed by atoms with E-state index in [4.69, 9.17) is 5.11 Å². The van der Waals surface area contributed by atoms with Crippen LogP contribution < -0.4 is 5.32 Å². The van der Waals surface area contributed by atoms with Crippen molar-refractivity contribution in [3.8, 4) is 0 Å². The average molecular weight is 186 g/mol. The fourth-order valence-electron chi connectivity index (χ4n) is 1.85. The van der Waals surface area contributed by atoms with Crippen molar-refractivity contribution in [2.24, 2.45) is 0 Å². The summed E-state index contributed by atoms with van der Waals surface area (Å²) >= 11 is 0. The number of hydrogen-bond acceptors (Lipinski definition) is 2. The van der Waals surface area contributed by atoms with Crippen LogP contribution in [0.25, 0.3) is 0 Å². The van der Waals surface area contributed by atoms with Crippen molar-refractivity contribution >= 4 is 6.09 Å². The average Bonchev–Trinajstić information content (AvgIpc) is 2.34. The van der Waals surface area contributed by atoms with Gasteiger partial charge in [0.15, 0.2) is 0 Å². The highest BCUT2D eigenvalue weighted by molar-refractivity contribution is 5.66. The Morgan fingerprint density at radius 2 is 2.15 bits per heavy atom. The molecule has 1 fully saturated rings. The molecule has 76 valence electrons. The highest BCUT2D eigenvalue weighted by Gasteiger charge is 2.34. The van der Waals surface area contributed by atoms with Crippen LogP contribution in [0.4, 0.5) is 4.79 Å². The molecule has 0 bridgehead atoms. The maximum absolute atomic E-state index is 11.0.